The van der Waals surface area contributed by atoms with Crippen LogP contribution in [-0.4, -0.2) is 64.2 Å². The van der Waals surface area contributed by atoms with Crippen LogP contribution >= 0.6 is 0 Å². The Morgan fingerprint density at radius 1 is 1.38 bits per heavy atom. The first-order valence-electron chi connectivity index (χ1n) is 7.00. The number of nitrogens with zero attached hydrogens (tertiary/aromatic N) is 2. The minimum absolute atomic E-state index is 0.0851. The van der Waals surface area contributed by atoms with Crippen molar-refractivity contribution in [2.24, 2.45) is 5.92 Å². The number of carboxylic acids is 1. The van der Waals surface area contributed by atoms with Gasteiger partial charge in [0.05, 0.1) is 6.04 Å². The maximum absolute atomic E-state index is 12.2. The number of carbonyl (C=O) groups excluding carboxylic acids is 2. The van der Waals surface area contributed by atoms with Crippen molar-refractivity contribution in [2.45, 2.75) is 46.3 Å². The van der Waals surface area contributed by atoms with Gasteiger partial charge in [-0.3, -0.25) is 14.5 Å². The maximum Gasteiger partial charge on any atom is 0.411 e. The number of amides is 2. The lowest BCUT2D eigenvalue weighted by molar-refractivity contribution is -0.148. The second kappa shape index (κ2) is 6.32. The monoisotopic (exact) mass is 300 g/mol. The van der Waals surface area contributed by atoms with E-state index >= 15 is 0 Å². The number of piperazine rings is 1. The molecule has 0 aromatic heterocycles. The van der Waals surface area contributed by atoms with E-state index in [0.29, 0.717) is 0 Å². The summed E-state index contributed by atoms with van der Waals surface area (Å²) >= 11 is 0. The van der Waals surface area contributed by atoms with Crippen molar-refractivity contribution in [1.82, 2.24) is 9.80 Å². The van der Waals surface area contributed by atoms with Gasteiger partial charge in [0, 0.05) is 6.54 Å². The van der Waals surface area contributed by atoms with Gasteiger partial charge in [0.15, 0.2) is 0 Å². The highest BCUT2D eigenvalue weighted by atomic mass is 16.6. The number of hydrogen-bond acceptors (Lipinski definition) is 4. The van der Waals surface area contributed by atoms with Crippen LogP contribution in [0.3, 0.4) is 0 Å². The number of rotatable bonds is 3. The topological polar surface area (TPSA) is 87.2 Å². The number of carboxylic acid groups (broad SMARTS) is 1. The zero-order chi connectivity index (χ0) is 16.4. The third kappa shape index (κ3) is 4.91. The molecule has 0 aromatic rings. The molecular formula is C14H24N2O5. The Kier molecular flexibility index (Phi) is 5.20. The average Bonchev–Trinajstić information content (AvgIpc) is 2.27. The van der Waals surface area contributed by atoms with Gasteiger partial charge >= 0.3 is 12.1 Å². The first-order valence-corrected chi connectivity index (χ1v) is 7.00. The second-order valence-corrected chi connectivity index (χ2v) is 6.59. The Morgan fingerprint density at radius 2 is 1.95 bits per heavy atom. The van der Waals surface area contributed by atoms with Crippen molar-refractivity contribution in [3.63, 3.8) is 0 Å². The van der Waals surface area contributed by atoms with E-state index in [2.05, 4.69) is 0 Å². The molecular weight excluding hydrogens is 276 g/mol. The van der Waals surface area contributed by atoms with Gasteiger partial charge in [0.25, 0.3) is 0 Å². The summed E-state index contributed by atoms with van der Waals surface area (Å²) in [5.74, 6) is -1.35. The first kappa shape index (κ1) is 17.3. The van der Waals surface area contributed by atoms with Gasteiger partial charge in [-0.2, -0.15) is 0 Å². The summed E-state index contributed by atoms with van der Waals surface area (Å²) < 4.78 is 5.32. The number of carbonyl (C=O) groups is 3. The fourth-order valence-electron chi connectivity index (χ4n) is 2.20. The Hall–Kier alpha value is -1.79. The van der Waals surface area contributed by atoms with Crippen LogP contribution in [0, 0.1) is 5.92 Å². The molecule has 0 aromatic carbocycles. The Balaban J connectivity index is 2.87. The lowest BCUT2D eigenvalue weighted by atomic mass is 9.99. The zero-order valence-electron chi connectivity index (χ0n) is 13.3. The van der Waals surface area contributed by atoms with E-state index in [-0.39, 0.29) is 37.5 Å². The van der Waals surface area contributed by atoms with E-state index in [1.54, 1.807) is 20.8 Å². The van der Waals surface area contributed by atoms with Crippen molar-refractivity contribution >= 4 is 18.0 Å². The second-order valence-electron chi connectivity index (χ2n) is 6.59. The van der Waals surface area contributed by atoms with Gasteiger partial charge in [-0.05, 0) is 26.7 Å². The summed E-state index contributed by atoms with van der Waals surface area (Å²) in [6, 6.07) is -0.253. The summed E-state index contributed by atoms with van der Waals surface area (Å²) in [6.45, 7) is 8.86. The fraction of sp³-hybridized carbons (Fsp3) is 0.786. The predicted molar refractivity (Wildman–Crippen MR) is 75.8 cm³/mol. The molecule has 0 spiro atoms. The van der Waals surface area contributed by atoms with Crippen LogP contribution in [0.2, 0.25) is 0 Å². The van der Waals surface area contributed by atoms with Crippen LogP contribution in [0.5, 0.6) is 0 Å². The van der Waals surface area contributed by atoms with Crippen LogP contribution in [0.1, 0.15) is 34.6 Å². The van der Waals surface area contributed by atoms with Gasteiger partial charge in [-0.1, -0.05) is 13.8 Å². The molecule has 0 unspecified atom stereocenters. The maximum atomic E-state index is 12.2. The highest BCUT2D eigenvalue weighted by Crippen LogP contribution is 2.21. The van der Waals surface area contributed by atoms with Gasteiger partial charge in [-0.15, -0.1) is 0 Å². The van der Waals surface area contributed by atoms with Crippen molar-refractivity contribution < 1.29 is 24.2 Å². The van der Waals surface area contributed by atoms with Crippen molar-refractivity contribution in [3.05, 3.63) is 0 Å². The van der Waals surface area contributed by atoms with Crippen LogP contribution < -0.4 is 0 Å². The fourth-order valence-corrected chi connectivity index (χ4v) is 2.20. The molecule has 2 amide bonds. The van der Waals surface area contributed by atoms with Crippen LogP contribution in [0.4, 0.5) is 4.79 Å². The summed E-state index contributed by atoms with van der Waals surface area (Å²) in [5.41, 5.74) is -0.639. The molecule has 0 bridgehead atoms. The van der Waals surface area contributed by atoms with Gasteiger partial charge in [0.1, 0.15) is 18.7 Å². The van der Waals surface area contributed by atoms with E-state index in [1.165, 1.54) is 9.80 Å². The normalized spacial score (nSPS) is 19.9. The third-order valence-electron chi connectivity index (χ3n) is 3.19. The molecule has 0 saturated carbocycles. The molecule has 1 aliphatic heterocycles. The van der Waals surface area contributed by atoms with Crippen molar-refractivity contribution in [1.29, 1.82) is 0 Å². The SMILES string of the molecule is CC(C)[C@H]1CN(CC(=O)O)C(=O)CN1C(=O)OC(C)(C)C. The molecule has 1 atom stereocenters. The largest absolute Gasteiger partial charge is 0.480 e. The molecule has 0 radical (unpaired) electrons. The smallest absolute Gasteiger partial charge is 0.411 e. The molecule has 1 heterocycles. The summed E-state index contributed by atoms with van der Waals surface area (Å²) in [4.78, 5) is 37.7. The quantitative estimate of drug-likeness (QED) is 0.845. The average molecular weight is 300 g/mol. The van der Waals surface area contributed by atoms with E-state index in [9.17, 15) is 14.4 Å². The Labute approximate surface area is 124 Å². The van der Waals surface area contributed by atoms with Crippen molar-refractivity contribution in [3.8, 4) is 0 Å². The van der Waals surface area contributed by atoms with Gasteiger partial charge in [0.2, 0.25) is 5.91 Å². The number of ether oxygens (including phenoxy) is 1. The first-order chi connectivity index (χ1) is 9.51. The Bertz CT molecular complexity index is 428. The molecule has 120 valence electrons. The van der Waals surface area contributed by atoms with E-state index < -0.39 is 17.7 Å². The molecule has 1 aliphatic rings. The Morgan fingerprint density at radius 3 is 2.38 bits per heavy atom. The highest BCUT2D eigenvalue weighted by molar-refractivity contribution is 5.86. The van der Waals surface area contributed by atoms with E-state index in [4.69, 9.17) is 9.84 Å². The van der Waals surface area contributed by atoms with E-state index in [1.807, 2.05) is 13.8 Å². The van der Waals surface area contributed by atoms with Crippen LogP contribution in [0.15, 0.2) is 0 Å². The molecule has 1 fully saturated rings. The summed E-state index contributed by atoms with van der Waals surface area (Å²) in [6.07, 6.45) is -0.537. The molecule has 7 nitrogen and oxygen atoms in total. The van der Waals surface area contributed by atoms with Crippen molar-refractivity contribution in [2.75, 3.05) is 19.6 Å². The minimum atomic E-state index is -1.06. The molecule has 21 heavy (non-hydrogen) atoms. The van der Waals surface area contributed by atoms with Gasteiger partial charge in [-0.25, -0.2) is 4.79 Å². The standard InChI is InChI=1S/C14H24N2O5/c1-9(2)10-6-15(8-12(18)19)11(17)7-16(10)13(20)21-14(3,4)5/h9-10H,6-8H2,1-5H3,(H,18,19)/t10-/m1/s1. The zero-order valence-corrected chi connectivity index (χ0v) is 13.3. The van der Waals surface area contributed by atoms with Gasteiger partial charge < -0.3 is 14.7 Å². The molecule has 7 heteroatoms. The molecule has 1 N–H and O–H groups in total. The molecule has 1 rings (SSSR count). The lowest BCUT2D eigenvalue weighted by Crippen LogP contribution is -2.60. The van der Waals surface area contributed by atoms with Crippen LogP contribution in [0.25, 0.3) is 0 Å². The summed E-state index contributed by atoms with van der Waals surface area (Å²) in [5, 5.41) is 8.84. The number of aliphatic carboxylic acids is 1. The minimum Gasteiger partial charge on any atom is -0.480 e. The predicted octanol–water partition coefficient (Wildman–Crippen LogP) is 1.17. The molecule has 1 saturated heterocycles. The summed E-state index contributed by atoms with van der Waals surface area (Å²) in [7, 11) is 0. The highest BCUT2D eigenvalue weighted by Gasteiger charge is 2.39. The van der Waals surface area contributed by atoms with E-state index in [0.717, 1.165) is 0 Å². The lowest BCUT2D eigenvalue weighted by Gasteiger charge is -2.42. The molecule has 0 aliphatic carbocycles. The van der Waals surface area contributed by atoms with Crippen LogP contribution in [-0.2, 0) is 14.3 Å². The third-order valence-corrected chi connectivity index (χ3v) is 3.19. The number of hydrogen-bond donors (Lipinski definition) is 1.